The number of carbonyl (C=O) groups excluding carboxylic acids is 2. The van der Waals surface area contributed by atoms with E-state index in [-0.39, 0.29) is 38.8 Å². The summed E-state index contributed by atoms with van der Waals surface area (Å²) in [7, 11) is 0. The summed E-state index contributed by atoms with van der Waals surface area (Å²) in [6, 6.07) is 12.9. The summed E-state index contributed by atoms with van der Waals surface area (Å²) in [5, 5.41) is 23.7. The van der Waals surface area contributed by atoms with Gasteiger partial charge < -0.3 is 25.0 Å². The number of aromatic amines is 1. The molecule has 0 aliphatic carbocycles. The van der Waals surface area contributed by atoms with Gasteiger partial charge in [0.25, 0.3) is 5.56 Å². The van der Waals surface area contributed by atoms with Crippen molar-refractivity contribution in [2.24, 2.45) is 0 Å². The Balaban J connectivity index is 0.000000235. The van der Waals surface area contributed by atoms with Crippen LogP contribution in [0.1, 0.15) is 52.4 Å². The average Bonchev–Trinajstić information content (AvgIpc) is 3.12. The highest BCUT2D eigenvalue weighted by atomic mass is 79.9. The lowest BCUT2D eigenvalue weighted by Gasteiger charge is -2.10. The van der Waals surface area contributed by atoms with E-state index in [2.05, 4.69) is 36.2 Å². The minimum atomic E-state index is -0.508. The lowest BCUT2D eigenvalue weighted by Crippen LogP contribution is -2.27. The van der Waals surface area contributed by atoms with Crippen LogP contribution in [0.15, 0.2) is 99.8 Å². The third-order valence-electron chi connectivity index (χ3n) is 7.47. The van der Waals surface area contributed by atoms with Gasteiger partial charge >= 0.3 is 5.69 Å². The van der Waals surface area contributed by atoms with Gasteiger partial charge in [-0.25, -0.2) is 4.79 Å². The molecule has 0 bridgehead atoms. The molecule has 1 amide bonds. The Bertz CT molecular complexity index is 2060. The summed E-state index contributed by atoms with van der Waals surface area (Å²) in [4.78, 5) is 54.4. The molecule has 0 spiro atoms. The van der Waals surface area contributed by atoms with Gasteiger partial charge in [0.05, 0.1) is 31.5 Å². The van der Waals surface area contributed by atoms with Crippen LogP contribution in [0.25, 0.3) is 27.2 Å². The molecule has 276 valence electrons. The smallest absolute Gasteiger partial charge is 0.332 e. The predicted molar refractivity (Wildman–Crippen MR) is 204 cm³/mol. The van der Waals surface area contributed by atoms with Gasteiger partial charge in [-0.15, -0.1) is 0 Å². The van der Waals surface area contributed by atoms with Crippen molar-refractivity contribution in [3.63, 3.8) is 0 Å². The molecule has 0 saturated carbocycles. The molecule has 52 heavy (non-hydrogen) atoms. The van der Waals surface area contributed by atoms with Gasteiger partial charge in [-0.1, -0.05) is 7.43 Å². The number of allylic oxidation sites excluding steroid dienone is 1. The number of H-pyrrole nitrogens is 1. The Kier molecular flexibility index (Phi) is 17.4. The van der Waals surface area contributed by atoms with Crippen molar-refractivity contribution in [3.8, 4) is 17.2 Å². The molecule has 13 nitrogen and oxygen atoms in total. The molecule has 0 unspecified atom stereocenters. The number of hydrogen-bond acceptors (Lipinski definition) is 10. The molecule has 6 rings (SSSR count). The molecule has 14 heteroatoms. The van der Waals surface area contributed by atoms with Gasteiger partial charge in [0, 0.05) is 70.9 Å². The number of amides is 1. The van der Waals surface area contributed by atoms with Gasteiger partial charge in [-0.05, 0) is 102 Å². The highest BCUT2D eigenvalue weighted by molar-refractivity contribution is 9.10. The largest absolute Gasteiger partial charge is 0.494 e. The molecule has 5 aromatic rings. The second kappa shape index (κ2) is 21.9. The predicted octanol–water partition coefficient (Wildman–Crippen LogP) is 5.38. The summed E-state index contributed by atoms with van der Waals surface area (Å²) in [5.41, 5.74) is -0.356. The monoisotopic (exact) mass is 777 g/mol. The van der Waals surface area contributed by atoms with Gasteiger partial charge in [0.15, 0.2) is 5.78 Å². The number of benzene rings is 2. The number of fused-ring (bicyclic) bond motifs is 2. The van der Waals surface area contributed by atoms with Crippen LogP contribution in [-0.2, 0) is 9.59 Å². The summed E-state index contributed by atoms with van der Waals surface area (Å²) in [6.07, 6.45) is 16.4. The fourth-order valence-corrected chi connectivity index (χ4v) is 5.37. The molecule has 4 heterocycles. The molecule has 1 aliphatic heterocycles. The summed E-state index contributed by atoms with van der Waals surface area (Å²) < 4.78 is 13.7. The van der Waals surface area contributed by atoms with E-state index in [9.17, 15) is 19.2 Å². The molecule has 3 aromatic heterocycles. The number of carbonyl (C=O) groups is 2. The summed E-state index contributed by atoms with van der Waals surface area (Å²) >= 11 is 3.48. The molecular formula is C38H44BrN5O8. The van der Waals surface area contributed by atoms with Crippen LogP contribution in [-0.4, -0.2) is 67.9 Å². The number of unbranched alkanes of at least 4 members (excludes halogenated alkanes) is 4. The number of aliphatic hydroxyl groups excluding tert-OH is 2. The number of nitrogens with one attached hydrogen (secondary N) is 2. The number of pyridine rings is 2. The maximum atomic E-state index is 12.0. The summed E-state index contributed by atoms with van der Waals surface area (Å²) in [5.74, 6) is 1.24. The maximum absolute atomic E-state index is 12.0. The van der Waals surface area contributed by atoms with E-state index in [0.717, 1.165) is 76.0 Å². The first kappa shape index (κ1) is 41.2. The van der Waals surface area contributed by atoms with Gasteiger partial charge in [-0.2, -0.15) is 0 Å². The topological polar surface area (TPSA) is 186 Å². The third-order valence-corrected chi connectivity index (χ3v) is 8.10. The highest BCUT2D eigenvalue weighted by Crippen LogP contribution is 2.27. The van der Waals surface area contributed by atoms with Crippen LogP contribution in [0.5, 0.6) is 11.5 Å². The zero-order valence-electron chi connectivity index (χ0n) is 27.9. The van der Waals surface area contributed by atoms with E-state index in [1.807, 2.05) is 42.6 Å². The van der Waals surface area contributed by atoms with Crippen molar-refractivity contribution in [2.45, 2.75) is 52.4 Å². The number of hydrogen-bond donors (Lipinski definition) is 4. The fraction of sp³-hybridized carbons (Fsp3) is 0.316. The van der Waals surface area contributed by atoms with E-state index >= 15 is 0 Å². The molecule has 4 N–H and O–H groups in total. The maximum Gasteiger partial charge on any atom is 0.332 e. The van der Waals surface area contributed by atoms with Crippen LogP contribution in [0.4, 0.5) is 0 Å². The Morgan fingerprint density at radius 1 is 0.750 bits per heavy atom. The second-order valence-corrected chi connectivity index (χ2v) is 12.2. The average molecular weight is 779 g/mol. The van der Waals surface area contributed by atoms with E-state index in [0.29, 0.717) is 18.9 Å². The Morgan fingerprint density at radius 3 is 1.90 bits per heavy atom. The van der Waals surface area contributed by atoms with Gasteiger partial charge in [0.1, 0.15) is 11.5 Å². The zero-order chi connectivity index (χ0) is 36.4. The fourth-order valence-electron chi connectivity index (χ4n) is 4.89. The molecular weight excluding hydrogens is 734 g/mol. The van der Waals surface area contributed by atoms with Crippen LogP contribution in [0, 0.1) is 0 Å². The van der Waals surface area contributed by atoms with Crippen molar-refractivity contribution in [1.82, 2.24) is 24.8 Å². The third kappa shape index (κ3) is 12.9. The molecule has 0 atom stereocenters. The van der Waals surface area contributed by atoms with E-state index in [1.54, 1.807) is 18.6 Å². The number of halogens is 1. The first-order valence-corrected chi connectivity index (χ1v) is 17.3. The van der Waals surface area contributed by atoms with Crippen LogP contribution >= 0.6 is 15.9 Å². The molecule has 0 radical (unpaired) electrons. The van der Waals surface area contributed by atoms with Crippen molar-refractivity contribution < 1.29 is 29.3 Å². The number of aliphatic hydroxyl groups is 2. The number of ketones is 1. The van der Waals surface area contributed by atoms with Crippen molar-refractivity contribution in [1.29, 1.82) is 0 Å². The second-order valence-electron chi connectivity index (χ2n) is 11.3. The minimum absolute atomic E-state index is 0. The van der Waals surface area contributed by atoms with Crippen molar-refractivity contribution >= 4 is 49.2 Å². The lowest BCUT2D eigenvalue weighted by atomic mass is 10.1. The number of nitrogens with zero attached hydrogens (tertiary/aromatic N) is 3. The highest BCUT2D eigenvalue weighted by Gasteiger charge is 2.09. The first-order valence-electron chi connectivity index (χ1n) is 16.5. The molecule has 2 aromatic carbocycles. The molecule has 0 fully saturated rings. The number of ether oxygens (including phenoxy) is 2. The summed E-state index contributed by atoms with van der Waals surface area (Å²) in [6.45, 7) is 1.73. The van der Waals surface area contributed by atoms with Crippen molar-refractivity contribution in [3.05, 3.63) is 111 Å². The normalized spacial score (nSPS) is 11.8. The van der Waals surface area contributed by atoms with Gasteiger partial charge in [-0.3, -0.25) is 33.9 Å². The van der Waals surface area contributed by atoms with Gasteiger partial charge in [0.2, 0.25) is 5.91 Å². The molecule has 1 aliphatic rings. The van der Waals surface area contributed by atoms with Crippen molar-refractivity contribution in [2.75, 3.05) is 26.4 Å². The zero-order valence-corrected chi connectivity index (χ0v) is 29.5. The van der Waals surface area contributed by atoms with Crippen LogP contribution in [0.3, 0.4) is 0 Å². The standard InChI is InChI=1S/C18H19N3O4.C14H16BrNO2.C5H5NO2.CH4/c22-8-2-1-3-9-25-14-4-5-15-13(10-14)11-19-12-16(15)21-7-6-17(23)20-18(21)24;15-14-10-16-9-11-8-12(4-5-13(11)14)18-7-3-1-2-6-17;7-4-1-2-6-5(8)3-4;/h4-7,10-12,22H,1-3,8-9H2,(H,20,23,24);4-5,8-10,17H,1-3,6-7H2;1-2H,3H2,(H,6,8);1H4. The Hall–Kier alpha value is -5.18. The van der Waals surface area contributed by atoms with Crippen LogP contribution in [0.2, 0.25) is 0 Å². The van der Waals surface area contributed by atoms with Crippen LogP contribution < -0.4 is 26.0 Å². The first-order chi connectivity index (χ1) is 24.8. The van der Waals surface area contributed by atoms with E-state index < -0.39 is 11.2 Å². The van der Waals surface area contributed by atoms with E-state index in [4.69, 9.17) is 19.7 Å². The minimum Gasteiger partial charge on any atom is -0.494 e. The lowest BCUT2D eigenvalue weighted by molar-refractivity contribution is -0.126. The SMILES string of the molecule is C.O=C1C=CNC(=O)C1.O=c1ccn(-c2cncc3cc(OCCCCCO)ccc23)c(=O)[nH]1.OCCCCCOc1ccc2c(Br)cncc2c1. The van der Waals surface area contributed by atoms with E-state index in [1.165, 1.54) is 29.1 Å². The number of rotatable bonds is 13. The molecule has 0 saturated heterocycles. The quantitative estimate of drug-likeness (QED) is 0.0894. The Labute approximate surface area is 309 Å². The Morgan fingerprint density at radius 2 is 1.35 bits per heavy atom. The number of aromatic nitrogens is 4.